The Morgan fingerprint density at radius 2 is 2.21 bits per heavy atom. The van der Waals surface area contributed by atoms with Crippen LogP contribution in [0.4, 0.5) is 5.69 Å². The number of benzene rings is 1. The molecule has 0 spiro atoms. The number of carbonyl (C=O) groups excluding carboxylic acids is 1. The third kappa shape index (κ3) is 1.63. The van der Waals surface area contributed by atoms with Crippen LogP contribution >= 0.6 is 0 Å². The molecule has 0 aromatic heterocycles. The number of nitrogens with one attached hydrogen (secondary N) is 1. The Morgan fingerprint density at radius 1 is 1.36 bits per heavy atom. The summed E-state index contributed by atoms with van der Waals surface area (Å²) in [6.07, 6.45) is 2.47. The molecule has 3 N–H and O–H groups in total. The topological polar surface area (TPSA) is 55.1 Å². The first-order valence-corrected chi connectivity index (χ1v) is 4.92. The average molecular weight is 190 g/mol. The van der Waals surface area contributed by atoms with E-state index in [9.17, 15) is 4.79 Å². The highest BCUT2D eigenvalue weighted by Gasteiger charge is 2.14. The Hall–Kier alpha value is -1.35. The number of anilines is 1. The Bertz CT molecular complexity index is 360. The monoisotopic (exact) mass is 190 g/mol. The minimum absolute atomic E-state index is 0.109. The van der Waals surface area contributed by atoms with Crippen molar-refractivity contribution < 1.29 is 4.79 Å². The van der Waals surface area contributed by atoms with Gasteiger partial charge in [0.15, 0.2) is 0 Å². The van der Waals surface area contributed by atoms with Crippen molar-refractivity contribution in [3.05, 3.63) is 29.3 Å². The highest BCUT2D eigenvalue weighted by Crippen LogP contribution is 2.24. The fourth-order valence-corrected chi connectivity index (χ4v) is 1.88. The van der Waals surface area contributed by atoms with Crippen LogP contribution in [-0.4, -0.2) is 5.91 Å². The number of amides is 1. The molecule has 1 aromatic carbocycles. The van der Waals surface area contributed by atoms with Gasteiger partial charge in [-0.15, -0.1) is 0 Å². The van der Waals surface area contributed by atoms with Gasteiger partial charge in [0, 0.05) is 18.7 Å². The molecule has 0 aliphatic carbocycles. The van der Waals surface area contributed by atoms with Gasteiger partial charge in [-0.1, -0.05) is 12.1 Å². The number of rotatable bonds is 1. The van der Waals surface area contributed by atoms with E-state index in [1.54, 1.807) is 0 Å². The van der Waals surface area contributed by atoms with E-state index in [-0.39, 0.29) is 5.91 Å². The second-order valence-electron chi connectivity index (χ2n) is 3.55. The molecule has 0 bridgehead atoms. The van der Waals surface area contributed by atoms with E-state index in [1.807, 2.05) is 18.2 Å². The van der Waals surface area contributed by atoms with E-state index in [0.29, 0.717) is 13.0 Å². The molecule has 14 heavy (non-hydrogen) atoms. The average Bonchev–Trinajstić information content (AvgIpc) is 2.37. The van der Waals surface area contributed by atoms with Gasteiger partial charge in [-0.2, -0.15) is 0 Å². The molecule has 1 aromatic rings. The van der Waals surface area contributed by atoms with Crippen molar-refractivity contribution in [3.63, 3.8) is 0 Å². The van der Waals surface area contributed by atoms with E-state index in [1.165, 1.54) is 5.56 Å². The number of carbonyl (C=O) groups is 1. The third-order valence-electron chi connectivity index (χ3n) is 2.60. The molecular weight excluding hydrogens is 176 g/mol. The van der Waals surface area contributed by atoms with Gasteiger partial charge in [0.2, 0.25) is 5.91 Å². The molecule has 74 valence electrons. The minimum Gasteiger partial charge on any atom is -0.326 e. The summed E-state index contributed by atoms with van der Waals surface area (Å²) in [6.45, 7) is 0.541. The third-order valence-corrected chi connectivity index (χ3v) is 2.60. The molecule has 0 saturated carbocycles. The second-order valence-corrected chi connectivity index (χ2v) is 3.55. The quantitative estimate of drug-likeness (QED) is 0.703. The molecule has 3 heteroatoms. The molecule has 0 fully saturated rings. The van der Waals surface area contributed by atoms with Crippen LogP contribution in [0.1, 0.15) is 24.0 Å². The molecule has 1 heterocycles. The summed E-state index contributed by atoms with van der Waals surface area (Å²) in [5.74, 6) is 0.109. The van der Waals surface area contributed by atoms with Gasteiger partial charge < -0.3 is 11.1 Å². The number of fused-ring (bicyclic) bond motifs is 1. The van der Waals surface area contributed by atoms with Gasteiger partial charge in [0.05, 0.1) is 0 Å². The fraction of sp³-hybridized carbons (Fsp3) is 0.364. The Morgan fingerprint density at radius 3 is 3.00 bits per heavy atom. The maximum Gasteiger partial charge on any atom is 0.224 e. The molecule has 0 saturated heterocycles. The van der Waals surface area contributed by atoms with E-state index < -0.39 is 0 Å². The van der Waals surface area contributed by atoms with Crippen molar-refractivity contribution in [2.24, 2.45) is 5.73 Å². The zero-order valence-electron chi connectivity index (χ0n) is 8.05. The summed E-state index contributed by atoms with van der Waals surface area (Å²) in [7, 11) is 0. The Kier molecular flexibility index (Phi) is 2.50. The Labute approximate surface area is 83.3 Å². The van der Waals surface area contributed by atoms with Gasteiger partial charge >= 0.3 is 0 Å². The van der Waals surface area contributed by atoms with Gasteiger partial charge in [-0.05, 0) is 30.0 Å². The summed E-state index contributed by atoms with van der Waals surface area (Å²) >= 11 is 0. The first kappa shape index (κ1) is 9.21. The van der Waals surface area contributed by atoms with Gasteiger partial charge in [-0.3, -0.25) is 4.79 Å². The van der Waals surface area contributed by atoms with Crippen LogP contribution in [0.25, 0.3) is 0 Å². The van der Waals surface area contributed by atoms with Gasteiger partial charge in [0.25, 0.3) is 0 Å². The highest BCUT2D eigenvalue weighted by atomic mass is 16.1. The van der Waals surface area contributed by atoms with Crippen LogP contribution in [0.3, 0.4) is 0 Å². The summed E-state index contributed by atoms with van der Waals surface area (Å²) in [5, 5.41) is 2.90. The highest BCUT2D eigenvalue weighted by molar-refractivity contribution is 5.92. The van der Waals surface area contributed by atoms with E-state index in [4.69, 9.17) is 5.73 Å². The lowest BCUT2D eigenvalue weighted by atomic mass is 10.0. The van der Waals surface area contributed by atoms with Crippen molar-refractivity contribution in [2.75, 3.05) is 5.32 Å². The normalized spacial score (nSPS) is 15.6. The van der Waals surface area contributed by atoms with Crippen molar-refractivity contribution in [2.45, 2.75) is 25.8 Å². The van der Waals surface area contributed by atoms with Crippen LogP contribution in [0.15, 0.2) is 18.2 Å². The second kappa shape index (κ2) is 3.80. The van der Waals surface area contributed by atoms with E-state index >= 15 is 0 Å². The van der Waals surface area contributed by atoms with Crippen LogP contribution < -0.4 is 11.1 Å². The van der Waals surface area contributed by atoms with Crippen molar-refractivity contribution in [1.29, 1.82) is 0 Å². The zero-order chi connectivity index (χ0) is 9.97. The molecule has 0 atom stereocenters. The predicted molar refractivity (Wildman–Crippen MR) is 55.9 cm³/mol. The van der Waals surface area contributed by atoms with Gasteiger partial charge in [0.1, 0.15) is 0 Å². The van der Waals surface area contributed by atoms with Gasteiger partial charge in [-0.25, -0.2) is 0 Å². The minimum atomic E-state index is 0.109. The predicted octanol–water partition coefficient (Wildman–Crippen LogP) is 1.42. The number of hydrogen-bond acceptors (Lipinski definition) is 2. The fourth-order valence-electron chi connectivity index (χ4n) is 1.88. The molecule has 0 unspecified atom stereocenters. The van der Waals surface area contributed by atoms with Crippen LogP contribution in [-0.2, 0) is 17.8 Å². The molecule has 2 rings (SSSR count). The Balaban J connectivity index is 2.43. The van der Waals surface area contributed by atoms with Crippen LogP contribution in [0.2, 0.25) is 0 Å². The van der Waals surface area contributed by atoms with Crippen molar-refractivity contribution in [3.8, 4) is 0 Å². The first-order valence-electron chi connectivity index (χ1n) is 4.92. The number of nitrogens with two attached hydrogens (primary N) is 1. The number of hydrogen-bond donors (Lipinski definition) is 2. The lowest BCUT2D eigenvalue weighted by Crippen LogP contribution is -2.10. The SMILES string of the molecule is NCc1cccc2c1CCCC(=O)N2. The molecule has 1 amide bonds. The molecule has 3 nitrogen and oxygen atoms in total. The maximum absolute atomic E-state index is 11.3. The largest absolute Gasteiger partial charge is 0.326 e. The smallest absolute Gasteiger partial charge is 0.224 e. The lowest BCUT2D eigenvalue weighted by molar-refractivity contribution is -0.116. The van der Waals surface area contributed by atoms with Crippen LogP contribution in [0, 0.1) is 0 Å². The zero-order valence-corrected chi connectivity index (χ0v) is 8.05. The molecule has 0 radical (unpaired) electrons. The molecular formula is C11H14N2O. The summed E-state index contributed by atoms with van der Waals surface area (Å²) in [5.41, 5.74) is 8.94. The van der Waals surface area contributed by atoms with Crippen molar-refractivity contribution >= 4 is 11.6 Å². The van der Waals surface area contributed by atoms with Crippen LogP contribution in [0.5, 0.6) is 0 Å². The maximum atomic E-state index is 11.3. The summed E-state index contributed by atoms with van der Waals surface area (Å²) in [6, 6.07) is 5.90. The first-order chi connectivity index (χ1) is 6.81. The summed E-state index contributed by atoms with van der Waals surface area (Å²) in [4.78, 5) is 11.3. The molecule has 1 aliphatic rings. The molecule has 1 aliphatic heterocycles. The van der Waals surface area contributed by atoms with Crippen molar-refractivity contribution in [1.82, 2.24) is 0 Å². The lowest BCUT2D eigenvalue weighted by Gasteiger charge is -2.10. The van der Waals surface area contributed by atoms with E-state index in [0.717, 1.165) is 24.1 Å². The van der Waals surface area contributed by atoms with E-state index in [2.05, 4.69) is 5.32 Å². The standard InChI is InChI=1S/C11H14N2O/c12-7-8-3-1-5-10-9(8)4-2-6-11(14)13-10/h1,3,5H,2,4,6-7,12H2,(H,13,14). The summed E-state index contributed by atoms with van der Waals surface area (Å²) < 4.78 is 0.